The maximum absolute atomic E-state index is 12.2. The number of nitrogens with one attached hydrogen (secondary N) is 1. The van der Waals surface area contributed by atoms with Gasteiger partial charge in [0, 0.05) is 6.54 Å². The lowest BCUT2D eigenvalue weighted by atomic mass is 10.1. The number of carbonyl (C=O) groups excluding carboxylic acids is 2. The largest absolute Gasteiger partial charge is 0.378 e. The minimum absolute atomic E-state index is 0.241. The van der Waals surface area contributed by atoms with Crippen LogP contribution < -0.4 is 11.1 Å². The molecule has 3 amide bonds. The minimum atomic E-state index is -0.599. The monoisotopic (exact) mass is 277 g/mol. The summed E-state index contributed by atoms with van der Waals surface area (Å²) in [6, 6.07) is 6.57. The number of nitrogens with two attached hydrogens (primary N) is 1. The Morgan fingerprint density at radius 2 is 1.95 bits per heavy atom. The molecule has 108 valence electrons. The Morgan fingerprint density at radius 3 is 2.60 bits per heavy atom. The van der Waals surface area contributed by atoms with Crippen LogP contribution in [0.3, 0.4) is 0 Å². The molecule has 1 saturated heterocycles. The van der Waals surface area contributed by atoms with Gasteiger partial charge in [0.2, 0.25) is 0 Å². The Balaban J connectivity index is 1.99. The second kappa shape index (κ2) is 6.49. The summed E-state index contributed by atoms with van der Waals surface area (Å²) in [5.74, 6) is -0.241. The first-order valence-corrected chi connectivity index (χ1v) is 6.59. The molecule has 0 aromatic heterocycles. The van der Waals surface area contributed by atoms with Crippen LogP contribution in [0.2, 0.25) is 0 Å². The van der Waals surface area contributed by atoms with E-state index in [1.54, 1.807) is 0 Å². The molecule has 6 nitrogen and oxygen atoms in total. The number of amides is 3. The number of carbonyl (C=O) groups is 2. The Morgan fingerprint density at radius 1 is 1.25 bits per heavy atom. The van der Waals surface area contributed by atoms with Crippen LogP contribution in [0.25, 0.3) is 0 Å². The van der Waals surface area contributed by atoms with Crippen LogP contribution in [0, 0.1) is 6.92 Å². The van der Waals surface area contributed by atoms with E-state index in [-0.39, 0.29) is 18.5 Å². The molecule has 0 bridgehead atoms. The number of hydrogen-bond acceptors (Lipinski definition) is 4. The third-order valence-electron chi connectivity index (χ3n) is 3.16. The van der Waals surface area contributed by atoms with Gasteiger partial charge in [-0.3, -0.25) is 9.69 Å². The first-order chi connectivity index (χ1) is 9.63. The fourth-order valence-electron chi connectivity index (χ4n) is 2.06. The van der Waals surface area contributed by atoms with Crippen LogP contribution in [0.15, 0.2) is 24.3 Å². The van der Waals surface area contributed by atoms with Crippen molar-refractivity contribution in [2.24, 2.45) is 5.73 Å². The van der Waals surface area contributed by atoms with E-state index in [0.717, 1.165) is 11.1 Å². The van der Waals surface area contributed by atoms with E-state index in [2.05, 4.69) is 5.32 Å². The molecular formula is C14H19N3O3. The average Bonchev–Trinajstić information content (AvgIpc) is 2.72. The third kappa shape index (κ3) is 3.15. The van der Waals surface area contributed by atoms with Gasteiger partial charge in [-0.25, -0.2) is 4.79 Å². The van der Waals surface area contributed by atoms with Gasteiger partial charge in [-0.15, -0.1) is 0 Å². The molecular weight excluding hydrogens is 258 g/mol. The zero-order valence-corrected chi connectivity index (χ0v) is 11.5. The number of benzene rings is 1. The molecule has 1 aromatic rings. The molecule has 2 rings (SSSR count). The lowest BCUT2D eigenvalue weighted by Crippen LogP contribution is -2.34. The normalized spacial score (nSPS) is 18.5. The second-order valence-corrected chi connectivity index (χ2v) is 4.68. The van der Waals surface area contributed by atoms with Crippen LogP contribution in [-0.4, -0.2) is 43.1 Å². The fraction of sp³-hybridized carbons (Fsp3) is 0.429. The molecule has 1 fully saturated rings. The summed E-state index contributed by atoms with van der Waals surface area (Å²) in [6.07, 6.45) is 0. The van der Waals surface area contributed by atoms with Crippen molar-refractivity contribution in [2.45, 2.75) is 13.0 Å². The van der Waals surface area contributed by atoms with Crippen LogP contribution in [0.5, 0.6) is 0 Å². The molecule has 6 heteroatoms. The summed E-state index contributed by atoms with van der Waals surface area (Å²) < 4.78 is 5.20. The fourth-order valence-corrected chi connectivity index (χ4v) is 2.06. The van der Waals surface area contributed by atoms with Gasteiger partial charge in [0.25, 0.3) is 5.91 Å². The molecule has 1 unspecified atom stereocenters. The average molecular weight is 277 g/mol. The van der Waals surface area contributed by atoms with Gasteiger partial charge in [0.15, 0.2) is 0 Å². The molecule has 1 aromatic carbocycles. The van der Waals surface area contributed by atoms with E-state index in [1.807, 2.05) is 31.2 Å². The predicted octanol–water partition coefficient (Wildman–Crippen LogP) is 0.563. The highest BCUT2D eigenvalue weighted by Gasteiger charge is 2.38. The van der Waals surface area contributed by atoms with Gasteiger partial charge in [0.05, 0.1) is 19.8 Å². The number of hydrogen-bond donors (Lipinski definition) is 2. The third-order valence-corrected chi connectivity index (χ3v) is 3.16. The molecule has 0 aliphatic carbocycles. The summed E-state index contributed by atoms with van der Waals surface area (Å²) in [7, 11) is 0. The topological polar surface area (TPSA) is 84.7 Å². The van der Waals surface area contributed by atoms with E-state index in [1.165, 1.54) is 4.90 Å². The molecule has 1 atom stereocenters. The quantitative estimate of drug-likeness (QED) is 0.588. The van der Waals surface area contributed by atoms with Gasteiger partial charge >= 0.3 is 6.03 Å². The summed E-state index contributed by atoms with van der Waals surface area (Å²) in [5, 5.41) is 2.69. The number of ether oxygens (including phenoxy) is 1. The highest BCUT2D eigenvalue weighted by Crippen LogP contribution is 2.21. The van der Waals surface area contributed by atoms with E-state index in [9.17, 15) is 9.59 Å². The van der Waals surface area contributed by atoms with E-state index in [4.69, 9.17) is 10.5 Å². The summed E-state index contributed by atoms with van der Waals surface area (Å²) >= 11 is 0. The summed E-state index contributed by atoms with van der Waals surface area (Å²) in [5.41, 5.74) is 7.20. The smallest absolute Gasteiger partial charge is 0.325 e. The van der Waals surface area contributed by atoms with Gasteiger partial charge < -0.3 is 15.8 Å². The van der Waals surface area contributed by atoms with E-state index >= 15 is 0 Å². The van der Waals surface area contributed by atoms with Crippen molar-refractivity contribution < 1.29 is 14.3 Å². The van der Waals surface area contributed by atoms with Gasteiger partial charge in [-0.05, 0) is 12.5 Å². The van der Waals surface area contributed by atoms with Crippen molar-refractivity contribution in [1.29, 1.82) is 0 Å². The Hall–Kier alpha value is -1.92. The van der Waals surface area contributed by atoms with E-state index in [0.29, 0.717) is 19.8 Å². The van der Waals surface area contributed by atoms with Crippen molar-refractivity contribution in [3.8, 4) is 0 Å². The Labute approximate surface area is 117 Å². The lowest BCUT2D eigenvalue weighted by molar-refractivity contribution is -0.128. The highest BCUT2D eigenvalue weighted by molar-refractivity contribution is 6.04. The first-order valence-electron chi connectivity index (χ1n) is 6.59. The lowest BCUT2D eigenvalue weighted by Gasteiger charge is -2.13. The molecule has 1 heterocycles. The van der Waals surface area contributed by atoms with Crippen molar-refractivity contribution in [1.82, 2.24) is 10.2 Å². The molecule has 0 radical (unpaired) electrons. The van der Waals surface area contributed by atoms with Crippen molar-refractivity contribution >= 4 is 11.9 Å². The maximum atomic E-state index is 12.2. The van der Waals surface area contributed by atoms with Crippen molar-refractivity contribution in [3.63, 3.8) is 0 Å². The number of nitrogens with zero attached hydrogens (tertiary/aromatic N) is 1. The first kappa shape index (κ1) is 14.5. The van der Waals surface area contributed by atoms with Crippen LogP contribution >= 0.6 is 0 Å². The number of rotatable bonds is 6. The molecule has 3 N–H and O–H groups in total. The van der Waals surface area contributed by atoms with Crippen LogP contribution in [-0.2, 0) is 9.53 Å². The zero-order valence-electron chi connectivity index (χ0n) is 11.5. The predicted molar refractivity (Wildman–Crippen MR) is 74.0 cm³/mol. The summed E-state index contributed by atoms with van der Waals surface area (Å²) in [4.78, 5) is 25.2. The highest BCUT2D eigenvalue weighted by atomic mass is 16.5. The number of aryl methyl sites for hydroxylation is 1. The van der Waals surface area contributed by atoms with Gasteiger partial charge in [-0.1, -0.05) is 29.8 Å². The Bertz CT molecular complexity index is 487. The Kier molecular flexibility index (Phi) is 4.70. The van der Waals surface area contributed by atoms with Crippen molar-refractivity contribution in [3.05, 3.63) is 35.4 Å². The summed E-state index contributed by atoms with van der Waals surface area (Å²) in [6.45, 7) is 3.36. The molecule has 1 aliphatic rings. The number of urea groups is 1. The molecule has 0 saturated carbocycles. The zero-order chi connectivity index (χ0) is 14.5. The molecule has 1 aliphatic heterocycles. The second-order valence-electron chi connectivity index (χ2n) is 4.68. The maximum Gasteiger partial charge on any atom is 0.325 e. The van der Waals surface area contributed by atoms with Gasteiger partial charge in [-0.2, -0.15) is 0 Å². The molecule has 0 spiro atoms. The van der Waals surface area contributed by atoms with Crippen molar-refractivity contribution in [2.75, 3.05) is 26.3 Å². The molecule has 20 heavy (non-hydrogen) atoms. The number of imide groups is 1. The SMILES string of the molecule is Cc1ccc(C2NC(=O)N(CCOCCN)C2=O)cc1. The minimum Gasteiger partial charge on any atom is -0.378 e. The van der Waals surface area contributed by atoms with Crippen LogP contribution in [0.1, 0.15) is 17.2 Å². The van der Waals surface area contributed by atoms with E-state index < -0.39 is 6.04 Å². The standard InChI is InChI=1S/C14H19N3O3/c1-10-2-4-11(5-3-10)12-13(18)17(14(19)16-12)7-9-20-8-6-15/h2-5,12H,6-9,15H2,1H3,(H,16,19). The van der Waals surface area contributed by atoms with Gasteiger partial charge in [0.1, 0.15) is 6.04 Å². The van der Waals surface area contributed by atoms with Crippen LogP contribution in [0.4, 0.5) is 4.79 Å².